The Bertz CT molecular complexity index is 592. The molecule has 0 aromatic heterocycles. The van der Waals surface area contributed by atoms with E-state index in [1.54, 1.807) is 19.9 Å². The average molecular weight is 401 g/mol. The van der Waals surface area contributed by atoms with Crippen LogP contribution in [-0.4, -0.2) is 44.1 Å². The highest BCUT2D eigenvalue weighted by molar-refractivity contribution is 9.10. The molecule has 0 radical (unpaired) electrons. The molecule has 1 aromatic carbocycles. The SMILES string of the molecule is COc1c(Br)cc(Cl)cc1S(=O)(=O)N(CCCO)C(C)C. The second-order valence-electron chi connectivity index (χ2n) is 4.71. The van der Waals surface area contributed by atoms with Gasteiger partial charge in [0.2, 0.25) is 10.0 Å². The minimum atomic E-state index is -3.78. The van der Waals surface area contributed by atoms with Crippen molar-refractivity contribution in [3.05, 3.63) is 21.6 Å². The van der Waals surface area contributed by atoms with Crippen LogP contribution >= 0.6 is 27.5 Å². The Balaban J connectivity index is 3.40. The molecule has 1 N–H and O–H groups in total. The number of aliphatic hydroxyl groups excluding tert-OH is 1. The van der Waals surface area contributed by atoms with Gasteiger partial charge in [-0.25, -0.2) is 8.42 Å². The monoisotopic (exact) mass is 399 g/mol. The van der Waals surface area contributed by atoms with Gasteiger partial charge in [0, 0.05) is 24.2 Å². The predicted molar refractivity (Wildman–Crippen MR) is 86.4 cm³/mol. The molecule has 0 aliphatic heterocycles. The lowest BCUT2D eigenvalue weighted by Gasteiger charge is -2.26. The third-order valence-electron chi connectivity index (χ3n) is 2.88. The molecule has 0 aliphatic rings. The van der Waals surface area contributed by atoms with Crippen LogP contribution in [0.4, 0.5) is 0 Å². The van der Waals surface area contributed by atoms with E-state index in [0.717, 1.165) is 0 Å². The Kier molecular flexibility index (Phi) is 6.93. The summed E-state index contributed by atoms with van der Waals surface area (Å²) in [5.41, 5.74) is 0. The van der Waals surface area contributed by atoms with Crippen LogP contribution in [0.1, 0.15) is 20.3 Å². The number of nitrogens with zero attached hydrogens (tertiary/aromatic N) is 1. The van der Waals surface area contributed by atoms with E-state index >= 15 is 0 Å². The number of ether oxygens (including phenoxy) is 1. The van der Waals surface area contributed by atoms with Gasteiger partial charge in [-0.15, -0.1) is 0 Å². The molecule has 0 spiro atoms. The standard InChI is InChI=1S/C13H19BrClNO4S/c1-9(2)16(5-4-6-17)21(18,19)12-8-10(15)7-11(14)13(12)20-3/h7-9,17H,4-6H2,1-3H3. The van der Waals surface area contributed by atoms with E-state index in [-0.39, 0.29) is 29.8 Å². The van der Waals surface area contributed by atoms with Gasteiger partial charge in [0.15, 0.2) is 5.75 Å². The van der Waals surface area contributed by atoms with Gasteiger partial charge >= 0.3 is 0 Å². The van der Waals surface area contributed by atoms with Gasteiger partial charge in [-0.05, 0) is 48.3 Å². The molecular weight excluding hydrogens is 382 g/mol. The van der Waals surface area contributed by atoms with Gasteiger partial charge in [-0.1, -0.05) is 11.6 Å². The van der Waals surface area contributed by atoms with Crippen LogP contribution in [0.25, 0.3) is 0 Å². The highest BCUT2D eigenvalue weighted by atomic mass is 79.9. The Morgan fingerprint density at radius 1 is 1.43 bits per heavy atom. The summed E-state index contributed by atoms with van der Waals surface area (Å²) in [6, 6.07) is 2.70. The fraction of sp³-hybridized carbons (Fsp3) is 0.538. The van der Waals surface area contributed by atoms with E-state index in [2.05, 4.69) is 15.9 Å². The maximum Gasteiger partial charge on any atom is 0.247 e. The van der Waals surface area contributed by atoms with Crippen LogP contribution in [-0.2, 0) is 10.0 Å². The number of halogens is 2. The maximum atomic E-state index is 12.8. The Morgan fingerprint density at radius 3 is 2.52 bits per heavy atom. The lowest BCUT2D eigenvalue weighted by molar-refractivity contribution is 0.258. The van der Waals surface area contributed by atoms with Crippen molar-refractivity contribution >= 4 is 37.6 Å². The van der Waals surface area contributed by atoms with Gasteiger partial charge in [0.1, 0.15) is 4.90 Å². The van der Waals surface area contributed by atoms with Crippen molar-refractivity contribution in [2.45, 2.75) is 31.2 Å². The zero-order valence-corrected chi connectivity index (χ0v) is 15.3. The van der Waals surface area contributed by atoms with Crippen LogP contribution in [0.5, 0.6) is 5.75 Å². The van der Waals surface area contributed by atoms with Crippen molar-refractivity contribution in [3.8, 4) is 5.75 Å². The number of hydrogen-bond acceptors (Lipinski definition) is 4. The molecule has 1 aromatic rings. The molecule has 0 amide bonds. The van der Waals surface area contributed by atoms with E-state index in [9.17, 15) is 8.42 Å². The normalized spacial score (nSPS) is 12.2. The van der Waals surface area contributed by atoms with Crippen LogP contribution in [0.3, 0.4) is 0 Å². The number of hydrogen-bond donors (Lipinski definition) is 1. The molecule has 8 heteroatoms. The van der Waals surface area contributed by atoms with Gasteiger partial charge in [-0.3, -0.25) is 0 Å². The third-order valence-corrected chi connectivity index (χ3v) is 5.77. The first-order valence-electron chi connectivity index (χ1n) is 6.41. The summed E-state index contributed by atoms with van der Waals surface area (Å²) < 4.78 is 32.7. The second kappa shape index (κ2) is 7.78. The minimum absolute atomic E-state index is 0.0102. The fourth-order valence-electron chi connectivity index (χ4n) is 1.94. The molecule has 120 valence electrons. The molecule has 0 bridgehead atoms. The summed E-state index contributed by atoms with van der Waals surface area (Å²) in [5, 5.41) is 9.25. The second-order valence-corrected chi connectivity index (χ2v) is 7.86. The van der Waals surface area contributed by atoms with Crippen molar-refractivity contribution in [2.24, 2.45) is 0 Å². The van der Waals surface area contributed by atoms with Crippen molar-refractivity contribution < 1.29 is 18.3 Å². The Hall–Kier alpha value is -0.340. The molecule has 0 atom stereocenters. The van der Waals surface area contributed by atoms with E-state index < -0.39 is 10.0 Å². The number of sulfonamides is 1. The smallest absolute Gasteiger partial charge is 0.247 e. The van der Waals surface area contributed by atoms with Crippen LogP contribution < -0.4 is 4.74 Å². The molecule has 0 unspecified atom stereocenters. The van der Waals surface area contributed by atoms with E-state index in [4.69, 9.17) is 21.4 Å². The molecular formula is C13H19BrClNO4S. The zero-order valence-electron chi connectivity index (χ0n) is 12.1. The van der Waals surface area contributed by atoms with Crippen molar-refractivity contribution in [3.63, 3.8) is 0 Å². The molecule has 5 nitrogen and oxygen atoms in total. The quantitative estimate of drug-likeness (QED) is 0.764. The average Bonchev–Trinajstić information content (AvgIpc) is 2.37. The lowest BCUT2D eigenvalue weighted by atomic mass is 10.3. The minimum Gasteiger partial charge on any atom is -0.494 e. The summed E-state index contributed by atoms with van der Waals surface area (Å²) in [4.78, 5) is 0.0102. The van der Waals surface area contributed by atoms with Gasteiger partial charge < -0.3 is 9.84 Å². The van der Waals surface area contributed by atoms with E-state index in [0.29, 0.717) is 15.9 Å². The molecule has 0 heterocycles. The van der Waals surface area contributed by atoms with Crippen LogP contribution in [0, 0.1) is 0 Å². The number of aliphatic hydroxyl groups is 1. The highest BCUT2D eigenvalue weighted by Gasteiger charge is 2.30. The molecule has 0 aliphatic carbocycles. The molecule has 0 fully saturated rings. The zero-order chi connectivity index (χ0) is 16.2. The van der Waals surface area contributed by atoms with Crippen LogP contribution in [0.15, 0.2) is 21.5 Å². The summed E-state index contributed by atoms with van der Waals surface area (Å²) in [7, 11) is -2.37. The first-order chi connectivity index (χ1) is 9.75. The largest absolute Gasteiger partial charge is 0.494 e. The fourth-order valence-corrected chi connectivity index (χ4v) is 4.98. The van der Waals surface area contributed by atoms with E-state index in [1.165, 1.54) is 17.5 Å². The van der Waals surface area contributed by atoms with Crippen molar-refractivity contribution in [2.75, 3.05) is 20.3 Å². The summed E-state index contributed by atoms with van der Waals surface area (Å²) >= 11 is 9.22. The topological polar surface area (TPSA) is 66.8 Å². The molecule has 0 saturated carbocycles. The van der Waals surface area contributed by atoms with Crippen LogP contribution in [0.2, 0.25) is 5.02 Å². The summed E-state index contributed by atoms with van der Waals surface area (Å²) in [6.45, 7) is 3.71. The first kappa shape index (κ1) is 18.7. The molecule has 1 rings (SSSR count). The van der Waals surface area contributed by atoms with Gasteiger partial charge in [-0.2, -0.15) is 4.31 Å². The lowest BCUT2D eigenvalue weighted by Crippen LogP contribution is -2.38. The van der Waals surface area contributed by atoms with E-state index in [1.807, 2.05) is 0 Å². The molecule has 0 saturated heterocycles. The predicted octanol–water partition coefficient (Wildman–Crippen LogP) is 2.89. The maximum absolute atomic E-state index is 12.8. The van der Waals surface area contributed by atoms with Crippen molar-refractivity contribution in [1.82, 2.24) is 4.31 Å². The number of benzene rings is 1. The number of methoxy groups -OCH3 is 1. The molecule has 21 heavy (non-hydrogen) atoms. The third kappa shape index (κ3) is 4.32. The highest BCUT2D eigenvalue weighted by Crippen LogP contribution is 2.37. The Morgan fingerprint density at radius 2 is 2.05 bits per heavy atom. The Labute approximate surface area is 139 Å². The van der Waals surface area contributed by atoms with Crippen molar-refractivity contribution in [1.29, 1.82) is 0 Å². The first-order valence-corrected chi connectivity index (χ1v) is 9.02. The van der Waals surface area contributed by atoms with Gasteiger partial charge in [0.25, 0.3) is 0 Å². The summed E-state index contributed by atoms with van der Waals surface area (Å²) in [6.07, 6.45) is 0.363. The summed E-state index contributed by atoms with van der Waals surface area (Å²) in [5.74, 6) is 0.217. The number of rotatable bonds is 7. The van der Waals surface area contributed by atoms with Gasteiger partial charge in [0.05, 0.1) is 11.6 Å².